The molecule has 96 valence electrons. The van der Waals surface area contributed by atoms with Crippen LogP contribution in [-0.2, 0) is 0 Å². The van der Waals surface area contributed by atoms with Gasteiger partial charge in [-0.2, -0.15) is 13.2 Å². The Balaban J connectivity index is 2.24. The number of hydrogen-bond acceptors (Lipinski definition) is 3. The SMILES string of the molecule is O=C(NCC(O)c1ccco1)NCC(F)(F)F. The molecule has 5 nitrogen and oxygen atoms in total. The van der Waals surface area contributed by atoms with E-state index in [0.717, 1.165) is 0 Å². The van der Waals surface area contributed by atoms with Gasteiger partial charge in [-0.3, -0.25) is 0 Å². The maximum absolute atomic E-state index is 11.7. The van der Waals surface area contributed by atoms with Crippen LogP contribution >= 0.6 is 0 Å². The lowest BCUT2D eigenvalue weighted by atomic mass is 10.3. The molecule has 0 spiro atoms. The second kappa shape index (κ2) is 5.58. The Morgan fingerprint density at radius 3 is 2.71 bits per heavy atom. The number of nitrogens with one attached hydrogen (secondary N) is 2. The van der Waals surface area contributed by atoms with Crippen LogP contribution in [0.2, 0.25) is 0 Å². The molecule has 0 saturated heterocycles. The summed E-state index contributed by atoms with van der Waals surface area (Å²) in [5.74, 6) is 0.223. The monoisotopic (exact) mass is 252 g/mol. The first-order valence-electron chi connectivity index (χ1n) is 4.68. The molecule has 2 amide bonds. The van der Waals surface area contributed by atoms with Crippen LogP contribution in [0.15, 0.2) is 22.8 Å². The van der Waals surface area contributed by atoms with Crippen molar-refractivity contribution in [3.8, 4) is 0 Å². The van der Waals surface area contributed by atoms with Gasteiger partial charge in [0.15, 0.2) is 0 Å². The summed E-state index contributed by atoms with van der Waals surface area (Å²) in [5.41, 5.74) is 0. The number of aliphatic hydroxyl groups is 1. The first-order chi connectivity index (χ1) is 7.88. The lowest BCUT2D eigenvalue weighted by Gasteiger charge is -2.11. The van der Waals surface area contributed by atoms with Crippen LogP contribution in [0.4, 0.5) is 18.0 Å². The van der Waals surface area contributed by atoms with Crippen molar-refractivity contribution in [2.45, 2.75) is 12.3 Å². The molecule has 1 atom stereocenters. The van der Waals surface area contributed by atoms with Gasteiger partial charge in [0.05, 0.1) is 12.8 Å². The van der Waals surface area contributed by atoms with Crippen molar-refractivity contribution < 1.29 is 27.5 Å². The molecular formula is C9H11F3N2O3. The van der Waals surface area contributed by atoms with E-state index in [1.807, 2.05) is 0 Å². The molecule has 0 bridgehead atoms. The van der Waals surface area contributed by atoms with Crippen molar-refractivity contribution in [3.63, 3.8) is 0 Å². The standard InChI is InChI=1S/C9H11F3N2O3/c10-9(11,12)5-14-8(16)13-4-6(15)7-2-1-3-17-7/h1-3,6,15H,4-5H2,(H2,13,14,16). The van der Waals surface area contributed by atoms with Crippen molar-refractivity contribution in [3.05, 3.63) is 24.2 Å². The minimum Gasteiger partial charge on any atom is -0.467 e. The number of rotatable bonds is 4. The molecule has 0 aliphatic carbocycles. The van der Waals surface area contributed by atoms with E-state index in [1.165, 1.54) is 12.3 Å². The molecule has 0 aliphatic rings. The zero-order chi connectivity index (χ0) is 12.9. The highest BCUT2D eigenvalue weighted by atomic mass is 19.4. The first kappa shape index (κ1) is 13.4. The van der Waals surface area contributed by atoms with E-state index in [0.29, 0.717) is 0 Å². The lowest BCUT2D eigenvalue weighted by molar-refractivity contribution is -0.122. The van der Waals surface area contributed by atoms with E-state index in [-0.39, 0.29) is 12.3 Å². The summed E-state index contributed by atoms with van der Waals surface area (Å²) in [5, 5.41) is 13.1. The second-order valence-corrected chi connectivity index (χ2v) is 3.21. The molecule has 1 unspecified atom stereocenters. The fourth-order valence-electron chi connectivity index (χ4n) is 1.01. The molecule has 17 heavy (non-hydrogen) atoms. The van der Waals surface area contributed by atoms with Gasteiger partial charge in [-0.15, -0.1) is 0 Å². The van der Waals surface area contributed by atoms with Crippen LogP contribution in [0.5, 0.6) is 0 Å². The number of hydrogen-bond donors (Lipinski definition) is 3. The number of carbonyl (C=O) groups is 1. The van der Waals surface area contributed by atoms with Gasteiger partial charge in [0.25, 0.3) is 0 Å². The normalized spacial score (nSPS) is 13.2. The number of furan rings is 1. The highest BCUT2D eigenvalue weighted by Gasteiger charge is 2.27. The van der Waals surface area contributed by atoms with Gasteiger partial charge in [-0.25, -0.2) is 4.79 Å². The minimum absolute atomic E-state index is 0.223. The third-order valence-electron chi connectivity index (χ3n) is 1.78. The molecule has 1 heterocycles. The topological polar surface area (TPSA) is 74.5 Å². The highest BCUT2D eigenvalue weighted by Crippen LogP contribution is 2.12. The Labute approximate surface area is 94.6 Å². The van der Waals surface area contributed by atoms with Gasteiger partial charge in [-0.1, -0.05) is 0 Å². The molecule has 0 aromatic carbocycles. The van der Waals surface area contributed by atoms with Gasteiger partial charge >= 0.3 is 12.2 Å². The van der Waals surface area contributed by atoms with Crippen molar-refractivity contribution in [2.24, 2.45) is 0 Å². The Bertz CT molecular complexity index is 351. The molecule has 1 aromatic heterocycles. The fourth-order valence-corrected chi connectivity index (χ4v) is 1.01. The lowest BCUT2D eigenvalue weighted by Crippen LogP contribution is -2.42. The molecule has 0 saturated carbocycles. The van der Waals surface area contributed by atoms with Crippen molar-refractivity contribution >= 4 is 6.03 Å². The molecule has 0 aliphatic heterocycles. The van der Waals surface area contributed by atoms with E-state index in [9.17, 15) is 23.1 Å². The smallest absolute Gasteiger partial charge is 0.405 e. The summed E-state index contributed by atoms with van der Waals surface area (Å²) in [6, 6.07) is 2.02. The van der Waals surface area contributed by atoms with Crippen LogP contribution in [0.25, 0.3) is 0 Å². The maximum atomic E-state index is 11.7. The predicted molar refractivity (Wildman–Crippen MR) is 51.1 cm³/mol. The second-order valence-electron chi connectivity index (χ2n) is 3.21. The van der Waals surface area contributed by atoms with E-state index >= 15 is 0 Å². The molecule has 3 N–H and O–H groups in total. The number of alkyl halides is 3. The van der Waals surface area contributed by atoms with Crippen LogP contribution in [0, 0.1) is 0 Å². The van der Waals surface area contributed by atoms with Gasteiger partial charge < -0.3 is 20.2 Å². The molecule has 1 rings (SSSR count). The molecule has 0 fully saturated rings. The van der Waals surface area contributed by atoms with Crippen LogP contribution < -0.4 is 10.6 Å². The quantitative estimate of drug-likeness (QED) is 0.753. The zero-order valence-electron chi connectivity index (χ0n) is 8.62. The summed E-state index contributed by atoms with van der Waals surface area (Å²) in [7, 11) is 0. The summed E-state index contributed by atoms with van der Waals surface area (Å²) in [6.07, 6.45) is -4.22. The van der Waals surface area contributed by atoms with E-state index in [4.69, 9.17) is 4.42 Å². The summed E-state index contributed by atoms with van der Waals surface area (Å²) < 4.78 is 40.0. The van der Waals surface area contributed by atoms with Gasteiger partial charge in [-0.05, 0) is 12.1 Å². The Morgan fingerprint density at radius 1 is 1.47 bits per heavy atom. The number of aliphatic hydroxyl groups excluding tert-OH is 1. The van der Waals surface area contributed by atoms with Crippen molar-refractivity contribution in [2.75, 3.05) is 13.1 Å². The molecule has 8 heteroatoms. The minimum atomic E-state index is -4.46. The molecule has 0 radical (unpaired) electrons. The maximum Gasteiger partial charge on any atom is 0.405 e. The van der Waals surface area contributed by atoms with Gasteiger partial charge in [0.2, 0.25) is 0 Å². The molecule has 1 aromatic rings. The predicted octanol–water partition coefficient (Wildman–Crippen LogP) is 1.17. The third-order valence-corrected chi connectivity index (χ3v) is 1.78. The average molecular weight is 252 g/mol. The van der Waals surface area contributed by atoms with Crippen molar-refractivity contribution in [1.82, 2.24) is 10.6 Å². The Kier molecular flexibility index (Phi) is 4.38. The van der Waals surface area contributed by atoms with Crippen LogP contribution in [0.1, 0.15) is 11.9 Å². The van der Waals surface area contributed by atoms with E-state index in [1.54, 1.807) is 11.4 Å². The largest absolute Gasteiger partial charge is 0.467 e. The first-order valence-corrected chi connectivity index (χ1v) is 4.68. The van der Waals surface area contributed by atoms with Crippen molar-refractivity contribution in [1.29, 1.82) is 0 Å². The average Bonchev–Trinajstić information content (AvgIpc) is 2.75. The number of halogens is 3. The highest BCUT2D eigenvalue weighted by molar-refractivity contribution is 5.73. The summed E-state index contributed by atoms with van der Waals surface area (Å²) >= 11 is 0. The van der Waals surface area contributed by atoms with E-state index < -0.39 is 24.9 Å². The van der Waals surface area contributed by atoms with Crippen LogP contribution in [-0.4, -0.2) is 30.4 Å². The summed E-state index contributed by atoms with van der Waals surface area (Å²) in [6.45, 7) is -1.66. The zero-order valence-corrected chi connectivity index (χ0v) is 8.62. The van der Waals surface area contributed by atoms with Gasteiger partial charge in [0, 0.05) is 0 Å². The number of amides is 2. The number of carbonyl (C=O) groups excluding carboxylic acids is 1. The Hall–Kier alpha value is -1.70. The summed E-state index contributed by atoms with van der Waals surface area (Å²) in [4.78, 5) is 10.9. The Morgan fingerprint density at radius 2 is 2.18 bits per heavy atom. The van der Waals surface area contributed by atoms with Crippen LogP contribution in [0.3, 0.4) is 0 Å². The van der Waals surface area contributed by atoms with Gasteiger partial charge in [0.1, 0.15) is 18.4 Å². The number of urea groups is 1. The fraction of sp³-hybridized carbons (Fsp3) is 0.444. The molecular weight excluding hydrogens is 241 g/mol. The van der Waals surface area contributed by atoms with E-state index in [2.05, 4.69) is 5.32 Å². The third kappa shape index (κ3) is 5.25.